The number of ether oxygens (including phenoxy) is 2. The van der Waals surface area contributed by atoms with Crippen molar-refractivity contribution >= 4 is 64.9 Å². The van der Waals surface area contributed by atoms with E-state index in [1.165, 1.54) is 54.2 Å². The van der Waals surface area contributed by atoms with Crippen molar-refractivity contribution in [3.63, 3.8) is 0 Å². The summed E-state index contributed by atoms with van der Waals surface area (Å²) in [6.07, 6.45) is 0.718. The first-order chi connectivity index (χ1) is 30.0. The fourth-order valence-corrected chi connectivity index (χ4v) is 8.91. The van der Waals surface area contributed by atoms with Gasteiger partial charge < -0.3 is 9.47 Å². The molecule has 300 valence electrons. The van der Waals surface area contributed by atoms with Crippen molar-refractivity contribution in [3.8, 4) is 11.5 Å². The molecule has 0 aliphatic rings. The monoisotopic (exact) mass is 796 g/mol. The Labute approximate surface area is 356 Å². The molecular formula is C55H48N4O2. The zero-order valence-electron chi connectivity index (χ0n) is 34.7. The molecule has 8 aromatic carbocycles. The van der Waals surface area contributed by atoms with Gasteiger partial charge in [0.05, 0.1) is 24.6 Å². The third-order valence-corrected chi connectivity index (χ3v) is 11.8. The Morgan fingerprint density at radius 3 is 1.13 bits per heavy atom. The molecule has 0 aliphatic heterocycles. The lowest BCUT2D eigenvalue weighted by atomic mass is 9.96. The summed E-state index contributed by atoms with van der Waals surface area (Å²) in [4.78, 5) is 15.0. The number of hydrogen-bond donors (Lipinski definition) is 0. The Bertz CT molecular complexity index is 2880. The average Bonchev–Trinajstić information content (AvgIpc) is 3.29. The van der Waals surface area contributed by atoms with Crippen molar-refractivity contribution in [1.29, 1.82) is 0 Å². The van der Waals surface area contributed by atoms with Gasteiger partial charge in [-0.3, -0.25) is 9.80 Å². The van der Waals surface area contributed by atoms with Crippen molar-refractivity contribution in [1.82, 2.24) is 19.8 Å². The Hall–Kier alpha value is -6.86. The van der Waals surface area contributed by atoms with Crippen LogP contribution in [-0.4, -0.2) is 47.1 Å². The highest BCUT2D eigenvalue weighted by Gasteiger charge is 2.15. The van der Waals surface area contributed by atoms with Crippen LogP contribution in [0.2, 0.25) is 0 Å². The molecule has 0 fully saturated rings. The van der Waals surface area contributed by atoms with Crippen LogP contribution in [0.5, 0.6) is 11.5 Å². The van der Waals surface area contributed by atoms with Gasteiger partial charge in [0, 0.05) is 43.4 Å². The quantitative estimate of drug-likeness (QED) is 0.0807. The number of fused-ring (bicyclic) bond motifs is 6. The molecule has 0 aliphatic carbocycles. The highest BCUT2D eigenvalue weighted by atomic mass is 16.5. The Morgan fingerprint density at radius 2 is 0.738 bits per heavy atom. The average molecular weight is 797 g/mol. The third kappa shape index (κ3) is 8.08. The Morgan fingerprint density at radius 1 is 0.377 bits per heavy atom. The van der Waals surface area contributed by atoms with Gasteiger partial charge >= 0.3 is 0 Å². The van der Waals surface area contributed by atoms with Crippen LogP contribution in [0.25, 0.3) is 64.9 Å². The molecule has 0 spiro atoms. The zero-order valence-corrected chi connectivity index (χ0v) is 34.7. The molecule has 0 atom stereocenters. The van der Waals surface area contributed by atoms with E-state index in [9.17, 15) is 0 Å². The minimum Gasteiger partial charge on any atom is -0.491 e. The Kier molecular flexibility index (Phi) is 10.7. The molecule has 0 unspecified atom stereocenters. The highest BCUT2D eigenvalue weighted by Crippen LogP contribution is 2.32. The summed E-state index contributed by atoms with van der Waals surface area (Å²) in [5.74, 6) is 1.58. The van der Waals surface area contributed by atoms with Gasteiger partial charge in [0.15, 0.2) is 0 Å². The van der Waals surface area contributed by atoms with Crippen molar-refractivity contribution in [2.45, 2.75) is 32.6 Å². The number of rotatable bonds is 14. The third-order valence-electron chi connectivity index (χ3n) is 11.8. The summed E-state index contributed by atoms with van der Waals surface area (Å²) in [5.41, 5.74) is 6.48. The first-order valence-electron chi connectivity index (χ1n) is 21.2. The maximum absolute atomic E-state index is 6.38. The van der Waals surface area contributed by atoms with Gasteiger partial charge in [-0.2, -0.15) is 0 Å². The molecule has 0 bridgehead atoms. The summed E-state index contributed by atoms with van der Waals surface area (Å²) in [6.45, 7) is 4.08. The molecule has 6 nitrogen and oxygen atoms in total. The number of para-hydroxylation sites is 2. The van der Waals surface area contributed by atoms with E-state index in [1.807, 2.05) is 24.3 Å². The summed E-state index contributed by atoms with van der Waals surface area (Å²) in [5, 5.41) is 12.4. The largest absolute Gasteiger partial charge is 0.491 e. The van der Waals surface area contributed by atoms with Crippen LogP contribution in [0, 0.1) is 0 Å². The summed E-state index contributed by atoms with van der Waals surface area (Å²) < 4.78 is 12.8. The minimum atomic E-state index is 0.510. The second-order valence-electron chi connectivity index (χ2n) is 16.3. The van der Waals surface area contributed by atoms with Crippen LogP contribution < -0.4 is 9.47 Å². The molecule has 2 aromatic heterocycles. The van der Waals surface area contributed by atoms with Gasteiger partial charge in [-0.05, 0) is 105 Å². The summed E-state index contributed by atoms with van der Waals surface area (Å²) in [6, 6.07) is 60.2. The summed E-state index contributed by atoms with van der Waals surface area (Å²) in [7, 11) is 4.34. The van der Waals surface area contributed by atoms with E-state index in [0.29, 0.717) is 26.3 Å². The number of hydrogen-bond acceptors (Lipinski definition) is 6. The second kappa shape index (κ2) is 17.0. The lowest BCUT2D eigenvalue weighted by molar-refractivity contribution is 0.250. The van der Waals surface area contributed by atoms with Crippen LogP contribution in [-0.2, 0) is 26.2 Å². The maximum Gasteiger partial charge on any atom is 0.145 e. The van der Waals surface area contributed by atoms with E-state index in [1.54, 1.807) is 0 Å². The fraction of sp³-hybridized carbons (Fsp3) is 0.164. The molecule has 0 saturated heterocycles. The van der Waals surface area contributed by atoms with Crippen molar-refractivity contribution in [2.75, 3.05) is 27.3 Å². The molecule has 0 saturated carbocycles. The van der Waals surface area contributed by atoms with E-state index in [4.69, 9.17) is 19.4 Å². The maximum atomic E-state index is 6.38. The molecule has 10 aromatic rings. The van der Waals surface area contributed by atoms with Crippen molar-refractivity contribution in [2.24, 2.45) is 0 Å². The zero-order chi connectivity index (χ0) is 41.1. The van der Waals surface area contributed by atoms with Gasteiger partial charge in [-0.15, -0.1) is 0 Å². The van der Waals surface area contributed by atoms with E-state index in [2.05, 4.69) is 169 Å². The second-order valence-corrected chi connectivity index (χ2v) is 16.3. The predicted octanol–water partition coefficient (Wildman–Crippen LogP) is 12.5. The SMILES string of the molecule is CN(Cc1ccc2cccc(OCCCOc3cccc4ccc(CN(C)Cc5c6ccccc6cc6ccccc56)nc34)c2n1)Cc1c2ccccc2cc2ccccc12. The van der Waals surface area contributed by atoms with Crippen LogP contribution in [0.1, 0.15) is 28.9 Å². The van der Waals surface area contributed by atoms with E-state index in [-0.39, 0.29) is 0 Å². The molecule has 61 heavy (non-hydrogen) atoms. The number of pyridine rings is 2. The standard InChI is InChI=1S/C55H48N4O2/c1-58(36-50-46-20-7-3-14-40(46)32-41-15-4-8-21-47(41)50)34-44-28-26-38-18-11-24-52(54(38)56-44)60-30-13-31-61-53-25-12-19-39-27-29-45(57-55(39)53)35-59(2)37-51-48-22-9-5-16-42(48)33-43-17-6-10-23-49(43)51/h3-12,14-29,32-33H,13,30-31,34-37H2,1-2H3. The van der Waals surface area contributed by atoms with Crippen molar-refractivity contribution in [3.05, 3.63) is 192 Å². The number of aromatic nitrogens is 2. The first-order valence-corrected chi connectivity index (χ1v) is 21.2. The van der Waals surface area contributed by atoms with Gasteiger partial charge in [-0.25, -0.2) is 9.97 Å². The van der Waals surface area contributed by atoms with E-state index < -0.39 is 0 Å². The van der Waals surface area contributed by atoms with E-state index >= 15 is 0 Å². The molecular weight excluding hydrogens is 749 g/mol. The lowest BCUT2D eigenvalue weighted by Crippen LogP contribution is -2.18. The van der Waals surface area contributed by atoms with Gasteiger partial charge in [0.2, 0.25) is 0 Å². The van der Waals surface area contributed by atoms with Gasteiger partial charge in [-0.1, -0.05) is 133 Å². The topological polar surface area (TPSA) is 50.7 Å². The van der Waals surface area contributed by atoms with Crippen LogP contribution >= 0.6 is 0 Å². The van der Waals surface area contributed by atoms with Crippen LogP contribution in [0.3, 0.4) is 0 Å². The molecule has 0 N–H and O–H groups in total. The van der Waals surface area contributed by atoms with Gasteiger partial charge in [0.1, 0.15) is 22.5 Å². The molecule has 0 radical (unpaired) electrons. The normalized spacial score (nSPS) is 11.9. The fourth-order valence-electron chi connectivity index (χ4n) is 8.91. The smallest absolute Gasteiger partial charge is 0.145 e. The Balaban J connectivity index is 0.784. The molecule has 0 amide bonds. The first kappa shape index (κ1) is 38.3. The van der Waals surface area contributed by atoms with Crippen LogP contribution in [0.15, 0.2) is 170 Å². The minimum absolute atomic E-state index is 0.510. The lowest BCUT2D eigenvalue weighted by Gasteiger charge is -2.20. The molecule has 10 rings (SSSR count). The van der Waals surface area contributed by atoms with E-state index in [0.717, 1.165) is 64.2 Å². The van der Waals surface area contributed by atoms with Gasteiger partial charge in [0.25, 0.3) is 0 Å². The van der Waals surface area contributed by atoms with Crippen LogP contribution in [0.4, 0.5) is 0 Å². The van der Waals surface area contributed by atoms with Crippen molar-refractivity contribution < 1.29 is 9.47 Å². The predicted molar refractivity (Wildman–Crippen MR) is 252 cm³/mol. The molecule has 6 heteroatoms. The number of benzene rings is 8. The summed E-state index contributed by atoms with van der Waals surface area (Å²) >= 11 is 0. The highest BCUT2D eigenvalue weighted by molar-refractivity contribution is 6.03. The molecule has 2 heterocycles. The number of nitrogens with zero attached hydrogens (tertiary/aromatic N) is 4.